The number of ether oxygens (including phenoxy) is 3. The minimum Gasteiger partial charge on any atom is -0.507 e. The number of ketones is 1. The lowest BCUT2D eigenvalue weighted by Crippen LogP contribution is -2.31. The fourth-order valence-electron chi connectivity index (χ4n) is 3.83. The molecule has 1 saturated heterocycles. The fourth-order valence-corrected chi connectivity index (χ4v) is 3.83. The van der Waals surface area contributed by atoms with Gasteiger partial charge in [0.2, 0.25) is 0 Å². The highest BCUT2D eigenvalue weighted by Gasteiger charge is 2.46. The van der Waals surface area contributed by atoms with Crippen LogP contribution in [0.5, 0.6) is 11.5 Å². The largest absolute Gasteiger partial charge is 0.507 e. The molecule has 2 aromatic carbocycles. The molecule has 0 spiro atoms. The number of rotatable bonds is 11. The molecule has 1 amide bonds. The molecule has 180 valence electrons. The number of benzene rings is 2. The van der Waals surface area contributed by atoms with Crippen molar-refractivity contribution in [1.29, 1.82) is 0 Å². The summed E-state index contributed by atoms with van der Waals surface area (Å²) in [5, 5.41) is 11.0. The van der Waals surface area contributed by atoms with Crippen LogP contribution in [-0.2, 0) is 14.3 Å². The molecule has 2 aromatic rings. The number of halogens is 1. The van der Waals surface area contributed by atoms with Crippen LogP contribution in [-0.4, -0.2) is 55.2 Å². The van der Waals surface area contributed by atoms with Gasteiger partial charge < -0.3 is 24.2 Å². The van der Waals surface area contributed by atoms with Gasteiger partial charge in [-0.25, -0.2) is 4.39 Å². The highest BCUT2D eigenvalue weighted by Crippen LogP contribution is 2.42. The molecule has 0 radical (unpaired) electrons. The Morgan fingerprint density at radius 1 is 1.15 bits per heavy atom. The molecular formula is C26H28FNO6. The molecule has 1 aliphatic heterocycles. The van der Waals surface area contributed by atoms with Crippen molar-refractivity contribution >= 4 is 17.4 Å². The van der Waals surface area contributed by atoms with E-state index in [1.165, 1.54) is 29.2 Å². The number of carbonyl (C=O) groups excluding carboxylic acids is 2. The van der Waals surface area contributed by atoms with Crippen LogP contribution in [0.2, 0.25) is 0 Å². The highest BCUT2D eigenvalue weighted by molar-refractivity contribution is 6.46. The van der Waals surface area contributed by atoms with Gasteiger partial charge in [-0.2, -0.15) is 0 Å². The third-order valence-electron chi connectivity index (χ3n) is 5.35. The molecule has 1 atom stereocenters. The summed E-state index contributed by atoms with van der Waals surface area (Å²) in [5.41, 5.74) is 0.725. The topological polar surface area (TPSA) is 85.3 Å². The van der Waals surface area contributed by atoms with Crippen LogP contribution in [0, 0.1) is 5.82 Å². The quantitative estimate of drug-likeness (QED) is 0.174. The van der Waals surface area contributed by atoms with E-state index in [1.807, 2.05) is 6.92 Å². The van der Waals surface area contributed by atoms with Crippen molar-refractivity contribution in [3.63, 3.8) is 0 Å². The summed E-state index contributed by atoms with van der Waals surface area (Å²) in [6.07, 6.45) is 2.10. The first kappa shape index (κ1) is 25.0. The number of aliphatic hydroxyl groups is 1. The molecule has 1 N–H and O–H groups in total. The Morgan fingerprint density at radius 2 is 1.88 bits per heavy atom. The zero-order chi connectivity index (χ0) is 24.7. The van der Waals surface area contributed by atoms with Crippen molar-refractivity contribution in [3.05, 3.63) is 77.6 Å². The van der Waals surface area contributed by atoms with Gasteiger partial charge >= 0.3 is 0 Å². The Morgan fingerprint density at radius 3 is 2.53 bits per heavy atom. The van der Waals surface area contributed by atoms with E-state index in [0.29, 0.717) is 36.7 Å². The number of aliphatic hydroxyl groups excluding tert-OH is 1. The predicted molar refractivity (Wildman–Crippen MR) is 125 cm³/mol. The number of carbonyl (C=O) groups is 2. The number of hydrogen-bond acceptors (Lipinski definition) is 6. The van der Waals surface area contributed by atoms with Gasteiger partial charge in [-0.15, -0.1) is 0 Å². The molecule has 7 nitrogen and oxygen atoms in total. The van der Waals surface area contributed by atoms with Gasteiger partial charge in [0.15, 0.2) is 11.5 Å². The van der Waals surface area contributed by atoms with Gasteiger partial charge in [-0.3, -0.25) is 9.59 Å². The molecule has 1 aliphatic rings. The number of hydrogen-bond donors (Lipinski definition) is 1. The van der Waals surface area contributed by atoms with E-state index >= 15 is 0 Å². The number of nitrogens with zero attached hydrogens (tertiary/aromatic N) is 1. The summed E-state index contributed by atoms with van der Waals surface area (Å²) in [6, 6.07) is 9.32. The van der Waals surface area contributed by atoms with Crippen molar-refractivity contribution in [3.8, 4) is 11.5 Å². The van der Waals surface area contributed by atoms with Crippen molar-refractivity contribution in [2.75, 3.05) is 33.5 Å². The Kier molecular flexibility index (Phi) is 8.43. The summed E-state index contributed by atoms with van der Waals surface area (Å²) < 4.78 is 29.9. The van der Waals surface area contributed by atoms with Crippen LogP contribution in [0.3, 0.4) is 0 Å². The van der Waals surface area contributed by atoms with Gasteiger partial charge in [-0.05, 0) is 55.3 Å². The maximum absolute atomic E-state index is 13.4. The second-order valence-electron chi connectivity index (χ2n) is 7.58. The molecule has 1 heterocycles. The van der Waals surface area contributed by atoms with Crippen LogP contribution >= 0.6 is 0 Å². The second-order valence-corrected chi connectivity index (χ2v) is 7.58. The average molecular weight is 470 g/mol. The molecular weight excluding hydrogens is 441 g/mol. The molecule has 1 fully saturated rings. The first-order valence-corrected chi connectivity index (χ1v) is 11.0. The van der Waals surface area contributed by atoms with Crippen LogP contribution < -0.4 is 9.47 Å². The third-order valence-corrected chi connectivity index (χ3v) is 5.35. The van der Waals surface area contributed by atoms with E-state index in [2.05, 4.69) is 6.58 Å². The Hall–Kier alpha value is -3.65. The Bertz CT molecular complexity index is 1080. The lowest BCUT2D eigenvalue weighted by atomic mass is 9.95. The summed E-state index contributed by atoms with van der Waals surface area (Å²) in [7, 11) is 1.55. The molecule has 0 bridgehead atoms. The van der Waals surface area contributed by atoms with Crippen LogP contribution in [0.25, 0.3) is 5.76 Å². The number of methoxy groups -OCH3 is 1. The van der Waals surface area contributed by atoms with E-state index in [4.69, 9.17) is 14.2 Å². The number of likely N-dealkylation sites (tertiary alicyclic amines) is 1. The summed E-state index contributed by atoms with van der Waals surface area (Å²) in [6.45, 7) is 6.75. The Balaban J connectivity index is 2.13. The van der Waals surface area contributed by atoms with Gasteiger partial charge in [0.05, 0.1) is 18.2 Å². The second kappa shape index (κ2) is 11.5. The SMILES string of the molecule is C=CCOc1ccc(C2C(=C(O)c3ccc(F)cc3)C(=O)C(=O)N2CCCOC)cc1OCC. The van der Waals surface area contributed by atoms with Crippen molar-refractivity contribution in [2.24, 2.45) is 0 Å². The van der Waals surface area contributed by atoms with Gasteiger partial charge in [0.25, 0.3) is 11.7 Å². The van der Waals surface area contributed by atoms with E-state index in [-0.39, 0.29) is 30.0 Å². The van der Waals surface area contributed by atoms with E-state index in [9.17, 15) is 19.1 Å². The summed E-state index contributed by atoms with van der Waals surface area (Å²) in [4.78, 5) is 27.4. The van der Waals surface area contributed by atoms with Crippen molar-refractivity contribution in [2.45, 2.75) is 19.4 Å². The molecule has 1 unspecified atom stereocenters. The molecule has 0 saturated carbocycles. The van der Waals surface area contributed by atoms with Crippen LogP contribution in [0.15, 0.2) is 60.7 Å². The minimum absolute atomic E-state index is 0.0729. The Labute approximate surface area is 198 Å². The monoisotopic (exact) mass is 469 g/mol. The van der Waals surface area contributed by atoms with Gasteiger partial charge in [0, 0.05) is 25.8 Å². The molecule has 0 aromatic heterocycles. The zero-order valence-corrected chi connectivity index (χ0v) is 19.3. The maximum atomic E-state index is 13.4. The van der Waals surface area contributed by atoms with Gasteiger partial charge in [-0.1, -0.05) is 18.7 Å². The summed E-state index contributed by atoms with van der Waals surface area (Å²) in [5.74, 6) is -1.47. The summed E-state index contributed by atoms with van der Waals surface area (Å²) >= 11 is 0. The first-order chi connectivity index (χ1) is 16.4. The average Bonchev–Trinajstić information content (AvgIpc) is 3.08. The molecule has 34 heavy (non-hydrogen) atoms. The zero-order valence-electron chi connectivity index (χ0n) is 19.3. The van der Waals surface area contributed by atoms with Crippen LogP contribution in [0.4, 0.5) is 4.39 Å². The maximum Gasteiger partial charge on any atom is 0.295 e. The van der Waals surface area contributed by atoms with Crippen molar-refractivity contribution in [1.82, 2.24) is 4.90 Å². The van der Waals surface area contributed by atoms with Crippen molar-refractivity contribution < 1.29 is 33.3 Å². The van der Waals surface area contributed by atoms with Crippen LogP contribution in [0.1, 0.15) is 30.5 Å². The number of amides is 1. The molecule has 3 rings (SSSR count). The predicted octanol–water partition coefficient (Wildman–Crippen LogP) is 4.25. The minimum atomic E-state index is -0.866. The first-order valence-electron chi connectivity index (χ1n) is 11.0. The van der Waals surface area contributed by atoms with E-state index in [1.54, 1.807) is 31.4 Å². The molecule has 0 aliphatic carbocycles. The smallest absolute Gasteiger partial charge is 0.295 e. The third kappa shape index (κ3) is 5.28. The van der Waals surface area contributed by atoms with E-state index in [0.717, 1.165) is 0 Å². The standard InChI is InChI=1S/C26H28FNO6/c1-4-14-34-20-12-9-18(16-21(20)33-5-2)23-22(24(29)17-7-10-19(27)11-8-17)25(30)26(31)28(23)13-6-15-32-3/h4,7-12,16,23,29H,1,5-6,13-15H2,2-3H3. The lowest BCUT2D eigenvalue weighted by Gasteiger charge is -2.26. The fraction of sp³-hybridized carbons (Fsp3) is 0.308. The van der Waals surface area contributed by atoms with Gasteiger partial charge in [0.1, 0.15) is 18.2 Å². The number of Topliss-reactive ketones (excluding diaryl/α,β-unsaturated/α-hetero) is 1. The lowest BCUT2D eigenvalue weighted by molar-refractivity contribution is -0.140. The van der Waals surface area contributed by atoms with E-state index < -0.39 is 23.5 Å². The molecule has 8 heteroatoms. The normalized spacial score (nSPS) is 17.1. The highest BCUT2D eigenvalue weighted by atomic mass is 19.1.